The van der Waals surface area contributed by atoms with Gasteiger partial charge in [-0.05, 0) is 37.8 Å². The predicted octanol–water partition coefficient (Wildman–Crippen LogP) is 0.900. The van der Waals surface area contributed by atoms with E-state index in [2.05, 4.69) is 29.7 Å². The van der Waals surface area contributed by atoms with Crippen LogP contribution in [-0.2, 0) is 0 Å². The Labute approximate surface area is 139 Å². The molecular weight excluding hydrogens is 288 g/mol. The number of carbonyl (C=O) groups excluding carboxylic acids is 1. The highest BCUT2D eigenvalue weighted by Crippen LogP contribution is 2.20. The molecule has 4 N–H and O–H groups in total. The summed E-state index contributed by atoms with van der Waals surface area (Å²) in [6.07, 6.45) is 10.5. The summed E-state index contributed by atoms with van der Waals surface area (Å²) in [6, 6.07) is 4.25. The molecule has 0 saturated heterocycles. The van der Waals surface area contributed by atoms with Crippen molar-refractivity contribution in [3.8, 4) is 0 Å². The highest BCUT2D eigenvalue weighted by atomic mass is 16.1. The van der Waals surface area contributed by atoms with Crippen LogP contribution in [0.15, 0.2) is 18.3 Å². The van der Waals surface area contributed by atoms with Crippen molar-refractivity contribution in [1.29, 1.82) is 0 Å². The minimum absolute atomic E-state index is 0.00623. The third-order valence-corrected chi connectivity index (χ3v) is 4.44. The number of aromatic nitrogens is 1. The summed E-state index contributed by atoms with van der Waals surface area (Å²) in [6.45, 7) is 1.79. The maximum absolute atomic E-state index is 12.4. The first kappa shape index (κ1) is 17.7. The number of anilines is 1. The van der Waals surface area contributed by atoms with Gasteiger partial charge in [-0.1, -0.05) is 12.8 Å². The Morgan fingerprint density at radius 2 is 2.00 bits per heavy atom. The molecule has 1 fully saturated rings. The Balaban J connectivity index is 1.92. The smallest absolute Gasteiger partial charge is 0.285 e. The fourth-order valence-electron chi connectivity index (χ4n) is 3.11. The van der Waals surface area contributed by atoms with E-state index in [0.29, 0.717) is 11.6 Å². The summed E-state index contributed by atoms with van der Waals surface area (Å²) < 4.78 is 0. The van der Waals surface area contributed by atoms with Crippen LogP contribution in [0.2, 0.25) is 0 Å². The zero-order chi connectivity index (χ0) is 16.5. The second kappa shape index (κ2) is 9.50. The average molecular weight is 320 g/mol. The van der Waals surface area contributed by atoms with Crippen molar-refractivity contribution < 1.29 is 14.7 Å². The summed E-state index contributed by atoms with van der Waals surface area (Å²) >= 11 is 0. The zero-order valence-corrected chi connectivity index (χ0v) is 14.6. The second-order valence-electron chi connectivity index (χ2n) is 6.86. The molecule has 1 aliphatic rings. The molecular formula is C18H32N4O+2. The lowest BCUT2D eigenvalue weighted by molar-refractivity contribution is -0.858. The summed E-state index contributed by atoms with van der Waals surface area (Å²) in [5.41, 5.74) is 0.717. The molecule has 1 aliphatic carbocycles. The largest absolute Gasteiger partial charge is 0.352 e. The molecule has 2 rings (SSSR count). The van der Waals surface area contributed by atoms with Gasteiger partial charge in [-0.25, -0.2) is 4.98 Å². The van der Waals surface area contributed by atoms with Crippen molar-refractivity contribution in [1.82, 2.24) is 5.32 Å². The van der Waals surface area contributed by atoms with Gasteiger partial charge >= 0.3 is 0 Å². The van der Waals surface area contributed by atoms with Gasteiger partial charge < -0.3 is 10.2 Å². The van der Waals surface area contributed by atoms with Crippen LogP contribution in [0.25, 0.3) is 0 Å². The standard InChI is InChI=1S/C18H30N4O/c1-22(2)14-8-13-20-18(23)16-11-7-12-19-17(16)21-15-9-5-3-4-6-10-15/h7,11-12,15H,3-6,8-10,13-14H2,1-2H3,(H,19,21)(H,20,23)/p+2. The predicted molar refractivity (Wildman–Crippen MR) is 92.7 cm³/mol. The van der Waals surface area contributed by atoms with E-state index in [1.165, 1.54) is 43.4 Å². The molecule has 0 spiro atoms. The van der Waals surface area contributed by atoms with Crippen LogP contribution in [0.5, 0.6) is 0 Å². The monoisotopic (exact) mass is 320 g/mol. The Bertz CT molecular complexity index is 482. The van der Waals surface area contributed by atoms with E-state index in [1.54, 1.807) is 0 Å². The molecule has 0 bridgehead atoms. The number of hydrogen-bond donors (Lipinski definition) is 3. The van der Waals surface area contributed by atoms with Gasteiger partial charge in [0.25, 0.3) is 11.7 Å². The first-order valence-corrected chi connectivity index (χ1v) is 9.01. The third-order valence-electron chi connectivity index (χ3n) is 4.44. The normalized spacial score (nSPS) is 16.1. The zero-order valence-electron chi connectivity index (χ0n) is 14.6. The fourth-order valence-corrected chi connectivity index (χ4v) is 3.11. The number of aromatic amines is 1. The maximum Gasteiger partial charge on any atom is 0.285 e. The Kier molecular flexibility index (Phi) is 7.33. The third kappa shape index (κ3) is 6.18. The van der Waals surface area contributed by atoms with Crippen LogP contribution in [0.1, 0.15) is 55.3 Å². The van der Waals surface area contributed by atoms with Crippen LogP contribution in [-0.4, -0.2) is 39.1 Å². The summed E-state index contributed by atoms with van der Waals surface area (Å²) in [5.74, 6) is 0.863. The molecule has 1 heterocycles. The molecule has 1 aromatic heterocycles. The van der Waals surface area contributed by atoms with E-state index >= 15 is 0 Å². The van der Waals surface area contributed by atoms with Crippen molar-refractivity contribution in [2.75, 3.05) is 32.5 Å². The first-order valence-electron chi connectivity index (χ1n) is 9.01. The molecule has 0 atom stereocenters. The SMILES string of the molecule is C[NH+](C)CCCNC(=O)c1ccc[nH+]c1NC1CCCCCC1. The number of quaternary nitrogens is 1. The van der Waals surface area contributed by atoms with Crippen molar-refractivity contribution in [2.45, 2.75) is 51.0 Å². The Morgan fingerprint density at radius 3 is 2.70 bits per heavy atom. The number of carbonyl (C=O) groups is 1. The van der Waals surface area contributed by atoms with Gasteiger partial charge in [0.05, 0.1) is 32.9 Å². The topological polar surface area (TPSA) is 59.7 Å². The van der Waals surface area contributed by atoms with Crippen molar-refractivity contribution >= 4 is 11.7 Å². The molecule has 5 heteroatoms. The molecule has 0 aliphatic heterocycles. The lowest BCUT2D eigenvalue weighted by Gasteiger charge is -2.13. The van der Waals surface area contributed by atoms with Crippen LogP contribution < -0.4 is 20.5 Å². The Morgan fingerprint density at radius 1 is 1.26 bits per heavy atom. The molecule has 1 aromatic rings. The fraction of sp³-hybridized carbons (Fsp3) is 0.667. The van der Waals surface area contributed by atoms with Crippen LogP contribution in [0.3, 0.4) is 0 Å². The van der Waals surface area contributed by atoms with E-state index in [-0.39, 0.29) is 5.91 Å². The number of rotatable bonds is 7. The van der Waals surface area contributed by atoms with E-state index in [9.17, 15) is 4.79 Å². The van der Waals surface area contributed by atoms with E-state index in [0.717, 1.165) is 25.3 Å². The Hall–Kier alpha value is -1.62. The van der Waals surface area contributed by atoms with Gasteiger partial charge in [0.2, 0.25) is 0 Å². The number of hydrogen-bond acceptors (Lipinski definition) is 2. The summed E-state index contributed by atoms with van der Waals surface area (Å²) in [4.78, 5) is 17.1. The van der Waals surface area contributed by atoms with E-state index in [4.69, 9.17) is 0 Å². The minimum atomic E-state index is 0.00623. The van der Waals surface area contributed by atoms with Gasteiger partial charge in [0, 0.05) is 13.0 Å². The van der Waals surface area contributed by atoms with Gasteiger partial charge in [-0.2, -0.15) is 0 Å². The molecule has 128 valence electrons. The van der Waals surface area contributed by atoms with Crippen molar-refractivity contribution in [2.24, 2.45) is 0 Å². The molecule has 0 aromatic carbocycles. The van der Waals surface area contributed by atoms with Crippen molar-refractivity contribution in [3.05, 3.63) is 23.9 Å². The molecule has 23 heavy (non-hydrogen) atoms. The van der Waals surface area contributed by atoms with Crippen LogP contribution in [0.4, 0.5) is 5.82 Å². The second-order valence-corrected chi connectivity index (χ2v) is 6.86. The summed E-state index contributed by atoms with van der Waals surface area (Å²) in [5, 5.41) is 6.59. The lowest BCUT2D eigenvalue weighted by atomic mass is 10.1. The molecule has 0 unspecified atom stereocenters. The van der Waals surface area contributed by atoms with Gasteiger partial charge in [-0.15, -0.1) is 0 Å². The average Bonchev–Trinajstić information content (AvgIpc) is 2.80. The number of amides is 1. The van der Waals surface area contributed by atoms with Crippen LogP contribution >= 0.6 is 0 Å². The molecule has 5 nitrogen and oxygen atoms in total. The first-order chi connectivity index (χ1) is 11.2. The number of H-pyrrole nitrogens is 1. The van der Waals surface area contributed by atoms with E-state index in [1.807, 2.05) is 18.3 Å². The summed E-state index contributed by atoms with van der Waals surface area (Å²) in [7, 11) is 4.26. The quantitative estimate of drug-likeness (QED) is 0.516. The number of pyridine rings is 1. The maximum atomic E-state index is 12.4. The van der Waals surface area contributed by atoms with Crippen LogP contribution in [0, 0.1) is 0 Å². The van der Waals surface area contributed by atoms with Gasteiger partial charge in [0.1, 0.15) is 5.56 Å². The van der Waals surface area contributed by atoms with Gasteiger partial charge in [-0.3, -0.25) is 10.1 Å². The van der Waals surface area contributed by atoms with Gasteiger partial charge in [0.15, 0.2) is 0 Å². The van der Waals surface area contributed by atoms with Crippen molar-refractivity contribution in [3.63, 3.8) is 0 Å². The number of nitrogens with one attached hydrogen (secondary N) is 4. The highest BCUT2D eigenvalue weighted by Gasteiger charge is 2.22. The minimum Gasteiger partial charge on any atom is -0.352 e. The molecule has 1 saturated carbocycles. The highest BCUT2D eigenvalue weighted by molar-refractivity contribution is 5.98. The lowest BCUT2D eigenvalue weighted by Crippen LogP contribution is -3.05. The molecule has 1 amide bonds. The molecule has 0 radical (unpaired) electrons. The van der Waals surface area contributed by atoms with E-state index < -0.39 is 0 Å².